The summed E-state index contributed by atoms with van der Waals surface area (Å²) in [7, 11) is 0. The van der Waals surface area contributed by atoms with Crippen molar-refractivity contribution in [2.75, 3.05) is 0 Å². The minimum Gasteiger partial charge on any atom is -0.309 e. The number of rotatable bonds is 4. The normalized spacial score (nSPS) is 11.7. The first kappa shape index (κ1) is 26.3. The van der Waals surface area contributed by atoms with E-state index in [-0.39, 0.29) is 0 Å². The number of aromatic nitrogens is 5. The minimum absolute atomic E-state index is 0.596. The van der Waals surface area contributed by atoms with E-state index in [4.69, 9.17) is 15.0 Å². The molecule has 0 atom stereocenters. The van der Waals surface area contributed by atoms with Crippen molar-refractivity contribution in [2.45, 2.75) is 13.8 Å². The summed E-state index contributed by atoms with van der Waals surface area (Å²) in [6.07, 6.45) is 0. The highest BCUT2D eigenvalue weighted by Gasteiger charge is 2.21. The number of hydrogen-bond donors (Lipinski definition) is 0. The van der Waals surface area contributed by atoms with Crippen LogP contribution in [0.25, 0.3) is 78.0 Å². The maximum Gasteiger partial charge on any atom is 0.238 e. The van der Waals surface area contributed by atoms with Crippen LogP contribution < -0.4 is 0 Å². The number of nitrogens with zero attached hydrogens (tertiary/aromatic N) is 5. The smallest absolute Gasteiger partial charge is 0.238 e. The molecule has 0 amide bonds. The average molecular weight is 592 g/mol. The quantitative estimate of drug-likeness (QED) is 0.205. The van der Waals surface area contributed by atoms with Crippen LogP contribution in [0.4, 0.5) is 0 Å². The molecule has 0 aliphatic rings. The maximum atomic E-state index is 5.15. The van der Waals surface area contributed by atoms with Gasteiger partial charge in [0.05, 0.1) is 22.1 Å². The second-order valence-electron chi connectivity index (χ2n) is 11.9. The minimum atomic E-state index is 0.596. The molecule has 0 unspecified atom stereocenters. The molecule has 0 radical (unpaired) electrons. The molecule has 3 aromatic heterocycles. The topological polar surface area (TPSA) is 48.5 Å². The molecule has 6 aromatic carbocycles. The van der Waals surface area contributed by atoms with Crippen molar-refractivity contribution >= 4 is 43.6 Å². The van der Waals surface area contributed by atoms with Crippen molar-refractivity contribution in [1.82, 2.24) is 24.1 Å². The van der Waals surface area contributed by atoms with Crippen LogP contribution >= 0.6 is 0 Å². The lowest BCUT2D eigenvalue weighted by molar-refractivity contribution is 0.953. The molecule has 9 rings (SSSR count). The van der Waals surface area contributed by atoms with E-state index in [1.165, 1.54) is 32.9 Å². The Balaban J connectivity index is 1.38. The van der Waals surface area contributed by atoms with E-state index in [9.17, 15) is 0 Å². The summed E-state index contributed by atoms with van der Waals surface area (Å²) in [6.45, 7) is 4.18. The highest BCUT2D eigenvalue weighted by molar-refractivity contribution is 6.18. The predicted molar refractivity (Wildman–Crippen MR) is 189 cm³/mol. The third kappa shape index (κ3) is 4.13. The molecule has 0 aliphatic carbocycles. The van der Waals surface area contributed by atoms with Gasteiger partial charge in [0, 0.05) is 38.4 Å². The molecule has 46 heavy (non-hydrogen) atoms. The van der Waals surface area contributed by atoms with E-state index >= 15 is 0 Å². The fourth-order valence-electron chi connectivity index (χ4n) is 6.63. The molecular weight excluding hydrogens is 562 g/mol. The molecule has 218 valence electrons. The zero-order chi connectivity index (χ0) is 30.8. The van der Waals surface area contributed by atoms with Crippen molar-refractivity contribution in [2.24, 2.45) is 0 Å². The van der Waals surface area contributed by atoms with E-state index in [1.54, 1.807) is 0 Å². The van der Waals surface area contributed by atoms with Gasteiger partial charge < -0.3 is 4.57 Å². The summed E-state index contributed by atoms with van der Waals surface area (Å²) < 4.78 is 4.57. The first-order chi connectivity index (χ1) is 22.6. The van der Waals surface area contributed by atoms with Gasteiger partial charge in [-0.1, -0.05) is 114 Å². The van der Waals surface area contributed by atoms with Crippen LogP contribution in [0.3, 0.4) is 0 Å². The fourth-order valence-corrected chi connectivity index (χ4v) is 6.63. The van der Waals surface area contributed by atoms with Gasteiger partial charge in [-0.05, 0) is 50.2 Å². The van der Waals surface area contributed by atoms with Gasteiger partial charge >= 0.3 is 0 Å². The van der Waals surface area contributed by atoms with Gasteiger partial charge in [-0.25, -0.2) is 4.98 Å². The van der Waals surface area contributed by atoms with Crippen molar-refractivity contribution in [3.63, 3.8) is 0 Å². The third-order valence-electron chi connectivity index (χ3n) is 8.92. The Kier molecular flexibility index (Phi) is 5.87. The zero-order valence-electron chi connectivity index (χ0n) is 25.5. The van der Waals surface area contributed by atoms with Gasteiger partial charge in [0.25, 0.3) is 0 Å². The van der Waals surface area contributed by atoms with Gasteiger partial charge in [0.1, 0.15) is 0 Å². The summed E-state index contributed by atoms with van der Waals surface area (Å²) in [6, 6.07) is 49.2. The molecule has 0 aliphatic heterocycles. The molecule has 0 saturated heterocycles. The summed E-state index contributed by atoms with van der Waals surface area (Å²) in [5.74, 6) is 1.89. The van der Waals surface area contributed by atoms with E-state index < -0.39 is 0 Å². The third-order valence-corrected chi connectivity index (χ3v) is 8.92. The molecule has 9 aromatic rings. The Labute approximate surface area is 266 Å². The molecule has 3 heterocycles. The Hall–Kier alpha value is -6.07. The Morgan fingerprint density at radius 1 is 0.391 bits per heavy atom. The number of para-hydroxylation sites is 3. The lowest BCUT2D eigenvalue weighted by Gasteiger charge is -2.11. The van der Waals surface area contributed by atoms with Gasteiger partial charge in [0.2, 0.25) is 5.95 Å². The molecule has 5 heteroatoms. The molecule has 0 spiro atoms. The van der Waals surface area contributed by atoms with E-state index in [0.717, 1.165) is 38.6 Å². The fraction of sp³-hybridized carbons (Fsp3) is 0.0488. The van der Waals surface area contributed by atoms with Crippen molar-refractivity contribution < 1.29 is 0 Å². The maximum absolute atomic E-state index is 5.15. The first-order valence-corrected chi connectivity index (χ1v) is 15.5. The largest absolute Gasteiger partial charge is 0.309 e. The number of aryl methyl sites for hydroxylation is 2. The van der Waals surface area contributed by atoms with Gasteiger partial charge in [-0.2, -0.15) is 9.97 Å². The van der Waals surface area contributed by atoms with Gasteiger partial charge in [0.15, 0.2) is 11.6 Å². The van der Waals surface area contributed by atoms with Crippen molar-refractivity contribution in [3.8, 4) is 34.4 Å². The number of benzene rings is 6. The summed E-state index contributed by atoms with van der Waals surface area (Å²) in [4.78, 5) is 15.3. The first-order valence-electron chi connectivity index (χ1n) is 15.5. The van der Waals surface area contributed by atoms with Crippen molar-refractivity contribution in [1.29, 1.82) is 0 Å². The van der Waals surface area contributed by atoms with Crippen LogP contribution in [-0.2, 0) is 0 Å². The Morgan fingerprint density at radius 2 is 0.848 bits per heavy atom. The summed E-state index contributed by atoms with van der Waals surface area (Å²) in [5, 5.41) is 4.69. The highest BCUT2D eigenvalue weighted by atomic mass is 15.2. The molecular formula is C41H29N5. The second kappa shape index (κ2) is 10.2. The van der Waals surface area contributed by atoms with Crippen LogP contribution in [0.1, 0.15) is 11.1 Å². The van der Waals surface area contributed by atoms with Crippen LogP contribution in [0.2, 0.25) is 0 Å². The van der Waals surface area contributed by atoms with Crippen LogP contribution in [0, 0.1) is 13.8 Å². The number of hydrogen-bond acceptors (Lipinski definition) is 3. The van der Waals surface area contributed by atoms with Gasteiger partial charge in [-0.3, -0.25) is 4.57 Å². The highest BCUT2D eigenvalue weighted by Crippen LogP contribution is 2.39. The standard InChI is InChI=1S/C41H29N5/c1-26-16-20-28(21-17-26)39-42-40(29-22-18-27(2)19-23-29)44-41(43-39)46-36-15-9-7-13-32(36)34-24-37-33(25-38(34)46)31-12-6-8-14-35(31)45(37)30-10-4-3-5-11-30/h3-25H,1-2H3. The van der Waals surface area contributed by atoms with Crippen LogP contribution in [-0.4, -0.2) is 24.1 Å². The monoisotopic (exact) mass is 591 g/mol. The van der Waals surface area contributed by atoms with E-state index in [2.05, 4.69) is 163 Å². The van der Waals surface area contributed by atoms with Gasteiger partial charge in [-0.15, -0.1) is 0 Å². The van der Waals surface area contributed by atoms with Crippen LogP contribution in [0.15, 0.2) is 140 Å². The molecule has 5 nitrogen and oxygen atoms in total. The SMILES string of the molecule is Cc1ccc(-c2nc(-c3ccc(C)cc3)nc(-n3c4ccccc4c4cc5c(cc43)c3ccccc3n5-c3ccccc3)n2)cc1. The van der Waals surface area contributed by atoms with Crippen molar-refractivity contribution in [3.05, 3.63) is 151 Å². The van der Waals surface area contributed by atoms with E-state index in [0.29, 0.717) is 17.6 Å². The predicted octanol–water partition coefficient (Wildman–Crippen LogP) is 10.0. The number of fused-ring (bicyclic) bond motifs is 6. The van der Waals surface area contributed by atoms with E-state index in [1.807, 2.05) is 0 Å². The summed E-state index contributed by atoms with van der Waals surface area (Å²) in [5.41, 5.74) is 9.89. The lowest BCUT2D eigenvalue weighted by atomic mass is 10.1. The average Bonchev–Trinajstić information content (AvgIpc) is 3.60. The molecule has 0 fully saturated rings. The molecule has 0 N–H and O–H groups in total. The second-order valence-corrected chi connectivity index (χ2v) is 11.9. The lowest BCUT2D eigenvalue weighted by Crippen LogP contribution is -2.06. The molecule has 0 saturated carbocycles. The molecule has 0 bridgehead atoms. The Morgan fingerprint density at radius 3 is 1.39 bits per heavy atom. The zero-order valence-corrected chi connectivity index (χ0v) is 25.5. The van der Waals surface area contributed by atoms with Crippen LogP contribution in [0.5, 0.6) is 0 Å². The Bertz CT molecular complexity index is 2510. The summed E-state index contributed by atoms with van der Waals surface area (Å²) >= 11 is 0.